The van der Waals surface area contributed by atoms with Crippen molar-refractivity contribution in [3.05, 3.63) is 32.7 Å². The third-order valence-electron chi connectivity index (χ3n) is 5.65. The number of hydrogen-bond acceptors (Lipinski definition) is 9. The van der Waals surface area contributed by atoms with Gasteiger partial charge in [-0.25, -0.2) is 4.79 Å². The van der Waals surface area contributed by atoms with Gasteiger partial charge in [-0.2, -0.15) is 5.10 Å². The van der Waals surface area contributed by atoms with Crippen LogP contribution in [0.5, 0.6) is 0 Å². The van der Waals surface area contributed by atoms with Crippen LogP contribution in [0.3, 0.4) is 0 Å². The fourth-order valence-electron chi connectivity index (χ4n) is 3.95. The first kappa shape index (κ1) is 25.0. The summed E-state index contributed by atoms with van der Waals surface area (Å²) in [5.74, 6) is -1.10. The lowest BCUT2D eigenvalue weighted by atomic mass is 10.0. The number of nitrogens with zero attached hydrogens (tertiary/aromatic N) is 5. The molecule has 1 fully saturated rings. The number of carboxylic acid groups (broad SMARTS) is 1. The molecular weight excluding hydrogens is 520 g/mol. The van der Waals surface area contributed by atoms with Gasteiger partial charge in [0, 0.05) is 11.5 Å². The molecule has 0 aromatic carbocycles. The normalized spacial score (nSPS) is 20.7. The first-order chi connectivity index (χ1) is 16.1. The number of aromatic nitrogens is 4. The smallest absolute Gasteiger partial charge is 0.352 e. The summed E-state index contributed by atoms with van der Waals surface area (Å²) in [5, 5.41) is 25.9. The Balaban J connectivity index is 1.48. The van der Waals surface area contributed by atoms with E-state index in [1.807, 2.05) is 13.8 Å². The van der Waals surface area contributed by atoms with E-state index >= 15 is 0 Å². The maximum Gasteiger partial charge on any atom is 0.352 e. The van der Waals surface area contributed by atoms with E-state index in [0.29, 0.717) is 39.9 Å². The predicted molar refractivity (Wildman–Crippen MR) is 131 cm³/mol. The van der Waals surface area contributed by atoms with Crippen LogP contribution in [0, 0.1) is 20.8 Å². The van der Waals surface area contributed by atoms with Gasteiger partial charge in [-0.1, -0.05) is 41.6 Å². The standard InChI is InChI=1S/C20H23ClN6O4S3/c1-5-12(27-9(3)13(21)8(2)25-27)16(28)22-14-17(29)26-15(19(30)31)11(6-32-18(14)26)7-33-20-24-23-10(4)34-20/h12,14,18H,5-7H2,1-4H3,(H,22,28)(H,30,31)/t12-,14+,18+/m0/s1. The summed E-state index contributed by atoms with van der Waals surface area (Å²) in [5.41, 5.74) is 1.95. The average Bonchev–Trinajstić information content (AvgIpc) is 3.33. The maximum atomic E-state index is 13.1. The van der Waals surface area contributed by atoms with E-state index in [9.17, 15) is 19.5 Å². The number of thioether (sulfide) groups is 2. The number of carbonyl (C=O) groups excluding carboxylic acids is 2. The van der Waals surface area contributed by atoms with Gasteiger partial charge in [-0.05, 0) is 32.8 Å². The summed E-state index contributed by atoms with van der Waals surface area (Å²) in [6.45, 7) is 7.26. The molecule has 4 rings (SSSR count). The van der Waals surface area contributed by atoms with Crippen LogP contribution >= 0.6 is 46.5 Å². The Kier molecular flexibility index (Phi) is 7.27. The number of rotatable bonds is 8. The first-order valence-electron chi connectivity index (χ1n) is 10.5. The van der Waals surface area contributed by atoms with Gasteiger partial charge >= 0.3 is 5.97 Å². The zero-order valence-corrected chi connectivity index (χ0v) is 22.1. The molecule has 34 heavy (non-hydrogen) atoms. The monoisotopic (exact) mass is 542 g/mol. The number of carbonyl (C=O) groups is 3. The molecule has 4 heterocycles. The highest BCUT2D eigenvalue weighted by atomic mass is 35.5. The molecule has 2 aromatic rings. The zero-order valence-electron chi connectivity index (χ0n) is 18.9. The predicted octanol–water partition coefficient (Wildman–Crippen LogP) is 2.80. The highest BCUT2D eigenvalue weighted by Crippen LogP contribution is 2.42. The van der Waals surface area contributed by atoms with Crippen molar-refractivity contribution in [1.29, 1.82) is 0 Å². The quantitative estimate of drug-likeness (QED) is 0.382. The van der Waals surface area contributed by atoms with E-state index in [1.54, 1.807) is 18.5 Å². The van der Waals surface area contributed by atoms with Crippen LogP contribution in [-0.4, -0.2) is 70.7 Å². The molecule has 3 atom stereocenters. The van der Waals surface area contributed by atoms with Crippen molar-refractivity contribution in [1.82, 2.24) is 30.2 Å². The largest absolute Gasteiger partial charge is 0.477 e. The van der Waals surface area contributed by atoms with Gasteiger partial charge in [0.1, 0.15) is 28.2 Å². The van der Waals surface area contributed by atoms with Crippen LogP contribution in [0.15, 0.2) is 15.6 Å². The van der Waals surface area contributed by atoms with Crippen LogP contribution in [0.2, 0.25) is 5.02 Å². The van der Waals surface area contributed by atoms with Crippen molar-refractivity contribution >= 4 is 64.2 Å². The van der Waals surface area contributed by atoms with Crippen LogP contribution in [-0.2, 0) is 14.4 Å². The number of fused-ring (bicyclic) bond motifs is 1. The topological polar surface area (TPSA) is 130 Å². The van der Waals surface area contributed by atoms with Gasteiger partial charge in [0.15, 0.2) is 4.34 Å². The number of β-lactam (4-membered cyclic amide) rings is 1. The molecule has 0 aliphatic carbocycles. The van der Waals surface area contributed by atoms with Crippen molar-refractivity contribution in [2.75, 3.05) is 11.5 Å². The van der Waals surface area contributed by atoms with Crippen molar-refractivity contribution in [2.24, 2.45) is 0 Å². The molecule has 2 aliphatic rings. The van der Waals surface area contributed by atoms with Crippen LogP contribution in [0.1, 0.15) is 35.8 Å². The summed E-state index contributed by atoms with van der Waals surface area (Å²) in [6, 6.07) is -1.42. The van der Waals surface area contributed by atoms with E-state index in [-0.39, 0.29) is 11.6 Å². The number of halogens is 1. The molecule has 182 valence electrons. The first-order valence-corrected chi connectivity index (χ1v) is 13.7. The summed E-state index contributed by atoms with van der Waals surface area (Å²) >= 11 is 10.5. The molecule has 14 heteroatoms. The van der Waals surface area contributed by atoms with Crippen LogP contribution in [0.25, 0.3) is 0 Å². The molecule has 2 N–H and O–H groups in total. The molecule has 0 radical (unpaired) electrons. The molecule has 0 spiro atoms. The van der Waals surface area contributed by atoms with Crippen LogP contribution in [0.4, 0.5) is 0 Å². The highest BCUT2D eigenvalue weighted by Gasteiger charge is 2.54. The van der Waals surface area contributed by atoms with Crippen molar-refractivity contribution < 1.29 is 19.5 Å². The minimum atomic E-state index is -1.16. The van der Waals surface area contributed by atoms with E-state index < -0.39 is 29.3 Å². The molecule has 10 nitrogen and oxygen atoms in total. The Morgan fingerprint density at radius 1 is 1.32 bits per heavy atom. The summed E-state index contributed by atoms with van der Waals surface area (Å²) in [4.78, 5) is 39.4. The fraction of sp³-hybridized carbons (Fsp3) is 0.500. The van der Waals surface area contributed by atoms with Gasteiger partial charge in [0.2, 0.25) is 5.91 Å². The SMILES string of the molecule is CC[C@@H](C(=O)N[C@@H]1C(=O)N2C(C(=O)O)=C(CSc3nnc(C)s3)CS[C@H]12)n1nc(C)c(Cl)c1C. The third-order valence-corrected chi connectivity index (χ3v) is 9.59. The molecular formula is C20H23ClN6O4S3. The van der Waals surface area contributed by atoms with Gasteiger partial charge in [-0.15, -0.1) is 22.0 Å². The number of amides is 2. The minimum absolute atomic E-state index is 0.00893. The van der Waals surface area contributed by atoms with Crippen molar-refractivity contribution in [2.45, 2.75) is 55.9 Å². The summed E-state index contributed by atoms with van der Waals surface area (Å²) in [6.07, 6.45) is 0.458. The number of nitrogens with one attached hydrogen (secondary N) is 1. The van der Waals surface area contributed by atoms with E-state index in [0.717, 1.165) is 9.35 Å². The maximum absolute atomic E-state index is 13.1. The van der Waals surface area contributed by atoms with Gasteiger partial charge in [0.25, 0.3) is 5.91 Å². The third kappa shape index (κ3) is 4.45. The average molecular weight is 543 g/mol. The Labute approximate surface area is 213 Å². The van der Waals surface area contributed by atoms with E-state index in [2.05, 4.69) is 20.6 Å². The second-order valence-electron chi connectivity index (χ2n) is 7.88. The molecule has 2 aliphatic heterocycles. The Morgan fingerprint density at radius 3 is 2.62 bits per heavy atom. The molecule has 2 aromatic heterocycles. The Hall–Kier alpha value is -2.09. The molecule has 2 amide bonds. The highest BCUT2D eigenvalue weighted by molar-refractivity contribution is 8.01. The number of hydrogen-bond donors (Lipinski definition) is 2. The second kappa shape index (κ2) is 9.88. The lowest BCUT2D eigenvalue weighted by Gasteiger charge is -2.49. The van der Waals surface area contributed by atoms with Crippen molar-refractivity contribution in [3.8, 4) is 0 Å². The molecule has 0 bridgehead atoms. The Bertz CT molecular complexity index is 1200. The summed E-state index contributed by atoms with van der Waals surface area (Å²) in [7, 11) is 0. The van der Waals surface area contributed by atoms with Crippen molar-refractivity contribution in [3.63, 3.8) is 0 Å². The Morgan fingerprint density at radius 2 is 2.06 bits per heavy atom. The fourth-order valence-corrected chi connectivity index (χ4v) is 7.37. The number of aryl methyl sites for hydroxylation is 2. The lowest BCUT2D eigenvalue weighted by molar-refractivity contribution is -0.151. The van der Waals surface area contributed by atoms with Gasteiger partial charge in [0.05, 0.1) is 16.4 Å². The minimum Gasteiger partial charge on any atom is -0.477 e. The summed E-state index contributed by atoms with van der Waals surface area (Å²) < 4.78 is 2.33. The lowest BCUT2D eigenvalue weighted by Crippen LogP contribution is -2.71. The van der Waals surface area contributed by atoms with Gasteiger partial charge < -0.3 is 10.4 Å². The van der Waals surface area contributed by atoms with E-state index in [4.69, 9.17) is 11.6 Å². The second-order valence-corrected chi connectivity index (χ2v) is 11.8. The molecule has 0 unspecified atom stereocenters. The molecule has 1 saturated heterocycles. The van der Waals surface area contributed by atoms with E-state index in [1.165, 1.54) is 39.8 Å². The number of carboxylic acids is 1. The molecule has 0 saturated carbocycles. The van der Waals surface area contributed by atoms with Crippen LogP contribution < -0.4 is 5.32 Å². The number of aliphatic carboxylic acids is 1. The zero-order chi connectivity index (χ0) is 24.7. The van der Waals surface area contributed by atoms with Gasteiger partial charge in [-0.3, -0.25) is 19.2 Å².